The molecule has 1 atom stereocenters. The molecule has 8 nitrogen and oxygen atoms in total. The van der Waals surface area contributed by atoms with E-state index in [-0.39, 0.29) is 12.0 Å². The molecule has 0 bridgehead atoms. The summed E-state index contributed by atoms with van der Waals surface area (Å²) in [7, 11) is 3.16. The molecule has 1 saturated heterocycles. The van der Waals surface area contributed by atoms with Crippen molar-refractivity contribution in [1.29, 1.82) is 0 Å². The highest BCUT2D eigenvalue weighted by atomic mass is 32.1. The van der Waals surface area contributed by atoms with Gasteiger partial charge in [-0.15, -0.1) is 10.2 Å². The van der Waals surface area contributed by atoms with Crippen molar-refractivity contribution in [2.24, 2.45) is 0 Å². The number of hydrogen-bond donors (Lipinski definition) is 2. The molecule has 26 heavy (non-hydrogen) atoms. The summed E-state index contributed by atoms with van der Waals surface area (Å²) in [6.07, 6.45) is 1.94. The number of benzene rings is 1. The van der Waals surface area contributed by atoms with Crippen LogP contribution in [-0.2, 0) is 4.74 Å². The second-order valence-electron chi connectivity index (χ2n) is 5.84. The average molecular weight is 374 g/mol. The predicted octanol–water partition coefficient (Wildman–Crippen LogP) is 3.14. The molecule has 2 aromatic heterocycles. The van der Waals surface area contributed by atoms with Gasteiger partial charge in [0.2, 0.25) is 5.13 Å². The summed E-state index contributed by atoms with van der Waals surface area (Å²) in [6.45, 7) is 0.741. The number of aromatic nitrogens is 3. The summed E-state index contributed by atoms with van der Waals surface area (Å²) >= 11 is 1.33. The quantitative estimate of drug-likeness (QED) is 0.712. The molecule has 2 N–H and O–H groups in total. The van der Waals surface area contributed by atoms with Crippen molar-refractivity contribution in [1.82, 2.24) is 15.2 Å². The number of H-pyrrole nitrogens is 1. The number of methoxy groups -OCH3 is 2. The van der Waals surface area contributed by atoms with Crippen molar-refractivity contribution in [3.63, 3.8) is 0 Å². The number of carbonyl (C=O) groups excluding carboxylic acids is 1. The molecule has 1 aromatic carbocycles. The third-order valence-electron chi connectivity index (χ3n) is 4.27. The minimum atomic E-state index is -0.305. The van der Waals surface area contributed by atoms with E-state index in [1.165, 1.54) is 11.3 Å². The minimum Gasteiger partial charge on any atom is -0.496 e. The molecule has 1 amide bonds. The first-order valence-electron chi connectivity index (χ1n) is 8.19. The fraction of sp³-hybridized carbons (Fsp3) is 0.353. The number of anilines is 1. The molecule has 4 rings (SSSR count). The first kappa shape index (κ1) is 16.8. The van der Waals surface area contributed by atoms with Gasteiger partial charge in [-0.25, -0.2) is 0 Å². The smallest absolute Gasteiger partial charge is 0.273 e. The van der Waals surface area contributed by atoms with Crippen LogP contribution in [0.3, 0.4) is 0 Å². The van der Waals surface area contributed by atoms with Crippen molar-refractivity contribution in [3.8, 4) is 11.5 Å². The highest BCUT2D eigenvalue weighted by Gasteiger charge is 2.23. The van der Waals surface area contributed by atoms with Crippen LogP contribution in [0.5, 0.6) is 11.5 Å². The molecule has 1 fully saturated rings. The van der Waals surface area contributed by atoms with Crippen LogP contribution in [0.15, 0.2) is 18.2 Å². The molecular formula is C17H18N4O4S. The van der Waals surface area contributed by atoms with Gasteiger partial charge in [0.15, 0.2) is 0 Å². The van der Waals surface area contributed by atoms with Crippen LogP contribution in [0.25, 0.3) is 10.9 Å². The number of amides is 1. The molecule has 1 aliphatic heterocycles. The molecule has 3 aromatic rings. The Bertz CT molecular complexity index is 905. The lowest BCUT2D eigenvalue weighted by Crippen LogP contribution is -2.11. The molecule has 0 saturated carbocycles. The monoisotopic (exact) mass is 374 g/mol. The standard InChI is InChI=1S/C17H18N4O4S/c1-23-11-5-6-12(24-2)14-9(11)8-10(18-14)15(22)19-17-21-20-16(26-17)13-4-3-7-25-13/h5-6,8,13,18H,3-4,7H2,1-2H3,(H,19,21,22)/t13-/m0/s1. The summed E-state index contributed by atoms with van der Waals surface area (Å²) in [5.41, 5.74) is 1.09. The van der Waals surface area contributed by atoms with Crippen LogP contribution in [0, 0.1) is 0 Å². The Labute approximate surface area is 153 Å². The normalized spacial score (nSPS) is 16.8. The Hall–Kier alpha value is -2.65. The van der Waals surface area contributed by atoms with Crippen molar-refractivity contribution < 1.29 is 19.0 Å². The first-order chi connectivity index (χ1) is 12.7. The summed E-state index contributed by atoms with van der Waals surface area (Å²) in [6, 6.07) is 5.32. The average Bonchev–Trinajstić information content (AvgIpc) is 3.39. The molecule has 9 heteroatoms. The molecule has 0 radical (unpaired) electrons. The van der Waals surface area contributed by atoms with Gasteiger partial charge in [0.05, 0.1) is 19.7 Å². The molecular weight excluding hydrogens is 356 g/mol. The largest absolute Gasteiger partial charge is 0.496 e. The SMILES string of the molecule is COc1ccc(OC)c2[nH]c(C(=O)Nc3nnc([C@@H]4CCCO4)s3)cc12. The number of ether oxygens (including phenoxy) is 3. The molecule has 0 unspecified atom stereocenters. The highest BCUT2D eigenvalue weighted by Crippen LogP contribution is 2.34. The third-order valence-corrected chi connectivity index (χ3v) is 5.20. The van der Waals surface area contributed by atoms with Gasteiger partial charge in [-0.05, 0) is 31.0 Å². The Morgan fingerprint density at radius 3 is 2.85 bits per heavy atom. The minimum absolute atomic E-state index is 0.0141. The van der Waals surface area contributed by atoms with E-state index in [9.17, 15) is 4.79 Å². The van der Waals surface area contributed by atoms with Gasteiger partial charge in [-0.2, -0.15) is 0 Å². The van der Waals surface area contributed by atoms with Gasteiger partial charge in [-0.3, -0.25) is 10.1 Å². The van der Waals surface area contributed by atoms with E-state index < -0.39 is 0 Å². The zero-order valence-electron chi connectivity index (χ0n) is 14.4. The Morgan fingerprint density at radius 1 is 1.31 bits per heavy atom. The maximum atomic E-state index is 12.6. The van der Waals surface area contributed by atoms with Crippen LogP contribution >= 0.6 is 11.3 Å². The molecule has 136 valence electrons. The first-order valence-corrected chi connectivity index (χ1v) is 9.01. The highest BCUT2D eigenvalue weighted by molar-refractivity contribution is 7.15. The lowest BCUT2D eigenvalue weighted by molar-refractivity contribution is 0.102. The number of aromatic amines is 1. The zero-order chi connectivity index (χ0) is 18.1. The maximum absolute atomic E-state index is 12.6. The third kappa shape index (κ3) is 2.99. The summed E-state index contributed by atoms with van der Waals surface area (Å²) < 4.78 is 16.3. The van der Waals surface area contributed by atoms with E-state index in [2.05, 4.69) is 20.5 Å². The van der Waals surface area contributed by atoms with Crippen LogP contribution in [0.4, 0.5) is 5.13 Å². The van der Waals surface area contributed by atoms with Gasteiger partial charge >= 0.3 is 0 Å². The zero-order valence-corrected chi connectivity index (χ0v) is 15.2. The lowest BCUT2D eigenvalue weighted by atomic mass is 10.2. The second-order valence-corrected chi connectivity index (χ2v) is 6.85. The number of hydrogen-bond acceptors (Lipinski definition) is 7. The molecule has 1 aliphatic rings. The second kappa shape index (κ2) is 6.93. The fourth-order valence-corrected chi connectivity index (χ4v) is 3.81. The van der Waals surface area contributed by atoms with E-state index >= 15 is 0 Å². The van der Waals surface area contributed by atoms with E-state index in [1.807, 2.05) is 0 Å². The maximum Gasteiger partial charge on any atom is 0.273 e. The Balaban J connectivity index is 1.58. The van der Waals surface area contributed by atoms with Gasteiger partial charge in [-0.1, -0.05) is 11.3 Å². The van der Waals surface area contributed by atoms with Crippen LogP contribution in [-0.4, -0.2) is 41.9 Å². The Kier molecular flexibility index (Phi) is 4.48. The molecule has 3 heterocycles. The van der Waals surface area contributed by atoms with Crippen molar-refractivity contribution >= 4 is 33.3 Å². The van der Waals surface area contributed by atoms with Gasteiger partial charge in [0.1, 0.15) is 28.3 Å². The summed E-state index contributed by atoms with van der Waals surface area (Å²) in [5.74, 6) is 0.990. The number of nitrogens with zero attached hydrogens (tertiary/aromatic N) is 2. The Morgan fingerprint density at radius 2 is 2.12 bits per heavy atom. The molecule has 0 spiro atoms. The number of rotatable bonds is 5. The number of nitrogens with one attached hydrogen (secondary N) is 2. The van der Waals surface area contributed by atoms with Crippen molar-refractivity contribution in [3.05, 3.63) is 28.9 Å². The van der Waals surface area contributed by atoms with E-state index in [1.54, 1.807) is 32.4 Å². The van der Waals surface area contributed by atoms with E-state index in [4.69, 9.17) is 14.2 Å². The van der Waals surface area contributed by atoms with Crippen LogP contribution in [0.2, 0.25) is 0 Å². The van der Waals surface area contributed by atoms with Crippen molar-refractivity contribution in [2.75, 3.05) is 26.1 Å². The fourth-order valence-electron chi connectivity index (χ4n) is 2.99. The predicted molar refractivity (Wildman–Crippen MR) is 97.2 cm³/mol. The van der Waals surface area contributed by atoms with Gasteiger partial charge in [0, 0.05) is 12.0 Å². The van der Waals surface area contributed by atoms with Gasteiger partial charge < -0.3 is 19.2 Å². The van der Waals surface area contributed by atoms with E-state index in [0.29, 0.717) is 27.8 Å². The number of fused-ring (bicyclic) bond motifs is 1. The van der Waals surface area contributed by atoms with Gasteiger partial charge in [0.25, 0.3) is 5.91 Å². The van der Waals surface area contributed by atoms with Crippen molar-refractivity contribution in [2.45, 2.75) is 18.9 Å². The number of carbonyl (C=O) groups is 1. The summed E-state index contributed by atoms with van der Waals surface area (Å²) in [4.78, 5) is 15.7. The van der Waals surface area contributed by atoms with E-state index in [0.717, 1.165) is 29.8 Å². The molecule has 0 aliphatic carbocycles. The van der Waals surface area contributed by atoms with Crippen LogP contribution in [0.1, 0.15) is 34.4 Å². The topological polar surface area (TPSA) is 98.4 Å². The van der Waals surface area contributed by atoms with Crippen LogP contribution < -0.4 is 14.8 Å². The lowest BCUT2D eigenvalue weighted by Gasteiger charge is -2.05. The summed E-state index contributed by atoms with van der Waals surface area (Å²) in [5, 5.41) is 12.9.